The molecule has 1 aliphatic heterocycles. The third-order valence-electron chi connectivity index (χ3n) is 5.58. The number of nitrogens with two attached hydrogens (primary N) is 1. The summed E-state index contributed by atoms with van der Waals surface area (Å²) in [6.45, 7) is 0.434. The van der Waals surface area contributed by atoms with E-state index in [1.807, 2.05) is 42.5 Å². The minimum absolute atomic E-state index is 0.0622. The molecular weight excluding hydrogens is 426 g/mol. The van der Waals surface area contributed by atoms with E-state index in [9.17, 15) is 19.7 Å². The lowest BCUT2D eigenvalue weighted by Crippen LogP contribution is -2.46. The molecule has 2 amide bonds. The maximum Gasteiger partial charge on any atom is 0.353 e. The molecule has 170 valence electrons. The van der Waals surface area contributed by atoms with E-state index in [1.54, 1.807) is 4.90 Å². The Kier molecular flexibility index (Phi) is 6.29. The topological polar surface area (TPSA) is 156 Å². The smallest absolute Gasteiger partial charge is 0.353 e. The number of nitrogens with one attached hydrogen (secondary N) is 2. The van der Waals surface area contributed by atoms with Crippen molar-refractivity contribution in [3.63, 3.8) is 0 Å². The molecule has 1 aliphatic rings. The maximum atomic E-state index is 12.5. The Bertz CT molecular complexity index is 1210. The number of amides is 2. The highest BCUT2D eigenvalue weighted by molar-refractivity contribution is 5.90. The average molecular weight is 449 g/mol. The largest absolute Gasteiger partial charge is 0.368 e. The normalized spacial score (nSPS) is 15.4. The number of aromatic nitrogens is 2. The molecule has 2 heterocycles. The van der Waals surface area contributed by atoms with Crippen LogP contribution in [0.2, 0.25) is 0 Å². The standard InChI is InChI=1S/C22H23N7O4/c23-18(30)12-25-22(31)17-9-4-10-28(17)21-19(29(32)33)20(26-13-27-21)24-11-15-7-3-6-14-5-1-2-8-16(14)15/h1-3,5-8,13,17H,4,9-12H2,(H2,23,30)(H,25,31)(H,24,26,27). The summed E-state index contributed by atoms with van der Waals surface area (Å²) in [6.07, 6.45) is 2.36. The molecule has 3 aromatic rings. The molecule has 0 aliphatic carbocycles. The molecule has 33 heavy (non-hydrogen) atoms. The van der Waals surface area contributed by atoms with Gasteiger partial charge in [0.05, 0.1) is 11.5 Å². The van der Waals surface area contributed by atoms with Crippen LogP contribution in [0.1, 0.15) is 18.4 Å². The zero-order valence-electron chi connectivity index (χ0n) is 17.7. The molecule has 1 fully saturated rings. The number of carbonyl (C=O) groups excluding carboxylic acids is 2. The number of primary amides is 1. The predicted octanol–water partition coefficient (Wildman–Crippen LogP) is 1.72. The summed E-state index contributed by atoms with van der Waals surface area (Å²) in [5.41, 5.74) is 5.77. The SMILES string of the molecule is NC(=O)CNC(=O)C1CCCN1c1ncnc(NCc2cccc3ccccc23)c1[N+](=O)[O-]. The van der Waals surface area contributed by atoms with Crippen molar-refractivity contribution >= 4 is 39.9 Å². The fourth-order valence-electron chi connectivity index (χ4n) is 4.09. The van der Waals surface area contributed by atoms with Crippen LogP contribution >= 0.6 is 0 Å². The number of benzene rings is 2. The molecule has 1 unspecified atom stereocenters. The van der Waals surface area contributed by atoms with Crippen LogP contribution < -0.4 is 21.3 Å². The van der Waals surface area contributed by atoms with Gasteiger partial charge in [-0.1, -0.05) is 42.5 Å². The molecule has 2 aromatic carbocycles. The Morgan fingerprint density at radius 1 is 1.18 bits per heavy atom. The number of anilines is 2. The van der Waals surface area contributed by atoms with Gasteiger partial charge in [-0.15, -0.1) is 0 Å². The first-order valence-corrected chi connectivity index (χ1v) is 10.5. The number of hydrogen-bond donors (Lipinski definition) is 3. The maximum absolute atomic E-state index is 12.5. The first kappa shape index (κ1) is 21.9. The lowest BCUT2D eigenvalue weighted by molar-refractivity contribution is -0.383. The molecule has 11 nitrogen and oxygen atoms in total. The molecule has 4 N–H and O–H groups in total. The molecule has 1 saturated heterocycles. The Morgan fingerprint density at radius 2 is 1.97 bits per heavy atom. The van der Waals surface area contributed by atoms with Crippen LogP contribution in [0.5, 0.6) is 0 Å². The van der Waals surface area contributed by atoms with Crippen molar-refractivity contribution in [2.24, 2.45) is 5.73 Å². The fourth-order valence-corrected chi connectivity index (χ4v) is 4.09. The molecule has 1 aromatic heterocycles. The quantitative estimate of drug-likeness (QED) is 0.347. The van der Waals surface area contributed by atoms with Gasteiger partial charge in [0.15, 0.2) is 0 Å². The highest BCUT2D eigenvalue weighted by atomic mass is 16.6. The van der Waals surface area contributed by atoms with Crippen molar-refractivity contribution in [2.45, 2.75) is 25.4 Å². The van der Waals surface area contributed by atoms with Gasteiger partial charge < -0.3 is 21.3 Å². The van der Waals surface area contributed by atoms with Crippen molar-refractivity contribution in [2.75, 3.05) is 23.3 Å². The van der Waals surface area contributed by atoms with E-state index in [1.165, 1.54) is 6.33 Å². The zero-order valence-corrected chi connectivity index (χ0v) is 17.7. The third-order valence-corrected chi connectivity index (χ3v) is 5.58. The van der Waals surface area contributed by atoms with Gasteiger partial charge >= 0.3 is 5.69 Å². The van der Waals surface area contributed by atoms with Gasteiger partial charge in [-0.3, -0.25) is 19.7 Å². The first-order chi connectivity index (χ1) is 16.0. The van der Waals surface area contributed by atoms with E-state index in [4.69, 9.17) is 5.73 Å². The van der Waals surface area contributed by atoms with Crippen molar-refractivity contribution in [1.29, 1.82) is 0 Å². The molecule has 4 rings (SSSR count). The van der Waals surface area contributed by atoms with E-state index >= 15 is 0 Å². The van der Waals surface area contributed by atoms with Gasteiger partial charge in [-0.25, -0.2) is 9.97 Å². The summed E-state index contributed by atoms with van der Waals surface area (Å²) in [7, 11) is 0. The van der Waals surface area contributed by atoms with E-state index < -0.39 is 22.8 Å². The number of nitro groups is 1. The molecule has 0 spiro atoms. The zero-order chi connectivity index (χ0) is 23.4. The van der Waals surface area contributed by atoms with Crippen LogP contribution in [0, 0.1) is 10.1 Å². The number of fused-ring (bicyclic) bond motifs is 1. The van der Waals surface area contributed by atoms with Crippen molar-refractivity contribution < 1.29 is 14.5 Å². The monoisotopic (exact) mass is 449 g/mol. The predicted molar refractivity (Wildman–Crippen MR) is 123 cm³/mol. The summed E-state index contributed by atoms with van der Waals surface area (Å²) >= 11 is 0. The van der Waals surface area contributed by atoms with Gasteiger partial charge in [0.2, 0.25) is 23.5 Å². The van der Waals surface area contributed by atoms with Crippen LogP contribution in [-0.2, 0) is 16.1 Å². The highest BCUT2D eigenvalue weighted by Crippen LogP contribution is 2.36. The number of carbonyl (C=O) groups is 2. The second-order valence-corrected chi connectivity index (χ2v) is 7.68. The van der Waals surface area contributed by atoms with Gasteiger partial charge in [-0.2, -0.15) is 0 Å². The Hall–Kier alpha value is -4.28. The number of nitrogens with zero attached hydrogens (tertiary/aromatic N) is 4. The molecule has 11 heteroatoms. The van der Waals surface area contributed by atoms with Gasteiger partial charge in [0, 0.05) is 13.1 Å². The lowest BCUT2D eigenvalue weighted by atomic mass is 10.0. The fraction of sp³-hybridized carbons (Fsp3) is 0.273. The van der Waals surface area contributed by atoms with Crippen molar-refractivity contribution in [3.05, 3.63) is 64.5 Å². The Balaban J connectivity index is 1.61. The molecule has 0 saturated carbocycles. The third kappa shape index (κ3) is 4.66. The van der Waals surface area contributed by atoms with E-state index in [2.05, 4.69) is 20.6 Å². The van der Waals surface area contributed by atoms with Crippen LogP contribution in [-0.4, -0.2) is 45.8 Å². The van der Waals surface area contributed by atoms with Crippen molar-refractivity contribution in [1.82, 2.24) is 15.3 Å². The average Bonchev–Trinajstić information content (AvgIpc) is 3.30. The number of rotatable bonds is 8. The minimum Gasteiger partial charge on any atom is -0.368 e. The van der Waals surface area contributed by atoms with Crippen LogP contribution in [0.3, 0.4) is 0 Å². The molecular formula is C22H23N7O4. The molecule has 0 radical (unpaired) electrons. The van der Waals surface area contributed by atoms with Crippen LogP contribution in [0.15, 0.2) is 48.8 Å². The van der Waals surface area contributed by atoms with E-state index in [0.717, 1.165) is 16.3 Å². The highest BCUT2D eigenvalue weighted by Gasteiger charge is 2.37. The van der Waals surface area contributed by atoms with E-state index in [0.29, 0.717) is 25.9 Å². The molecule has 1 atom stereocenters. The summed E-state index contributed by atoms with van der Waals surface area (Å²) in [6, 6.07) is 13.1. The number of hydrogen-bond acceptors (Lipinski definition) is 8. The Morgan fingerprint density at radius 3 is 2.76 bits per heavy atom. The second kappa shape index (κ2) is 9.47. The summed E-state index contributed by atoms with van der Waals surface area (Å²) in [4.78, 5) is 44.8. The van der Waals surface area contributed by atoms with Crippen LogP contribution in [0.25, 0.3) is 10.8 Å². The Labute approximate surface area is 189 Å². The molecule has 0 bridgehead atoms. The van der Waals surface area contributed by atoms with Gasteiger partial charge in [0.25, 0.3) is 0 Å². The van der Waals surface area contributed by atoms with Crippen molar-refractivity contribution in [3.8, 4) is 0 Å². The second-order valence-electron chi connectivity index (χ2n) is 7.68. The first-order valence-electron chi connectivity index (χ1n) is 10.5. The van der Waals surface area contributed by atoms with Crippen LogP contribution in [0.4, 0.5) is 17.3 Å². The summed E-state index contributed by atoms with van der Waals surface area (Å²) < 4.78 is 0. The van der Waals surface area contributed by atoms with E-state index in [-0.39, 0.29) is 23.9 Å². The minimum atomic E-state index is -0.691. The van der Waals surface area contributed by atoms with Gasteiger partial charge in [-0.05, 0) is 29.2 Å². The summed E-state index contributed by atoms with van der Waals surface area (Å²) in [5, 5.41) is 19.7. The van der Waals surface area contributed by atoms with Gasteiger partial charge in [0.1, 0.15) is 12.4 Å². The lowest BCUT2D eigenvalue weighted by Gasteiger charge is -2.24. The summed E-state index contributed by atoms with van der Waals surface area (Å²) in [5.74, 6) is -0.960.